The summed E-state index contributed by atoms with van der Waals surface area (Å²) >= 11 is 0. The first-order valence-electron chi connectivity index (χ1n) is 12.1. The molecule has 8 nitrogen and oxygen atoms in total. The molecule has 3 heterocycles. The molecular formula is C24H33N5O3. The van der Waals surface area contributed by atoms with Gasteiger partial charge in [0, 0.05) is 49.7 Å². The molecule has 0 spiro atoms. The van der Waals surface area contributed by atoms with E-state index >= 15 is 0 Å². The number of pyridine rings is 1. The molecule has 172 valence electrons. The second-order valence-electron chi connectivity index (χ2n) is 9.46. The molecule has 3 fully saturated rings. The minimum atomic E-state index is -0.00358. The minimum Gasteiger partial charge on any atom is -0.474 e. The largest absolute Gasteiger partial charge is 0.474 e. The second-order valence-corrected chi connectivity index (χ2v) is 9.46. The zero-order chi connectivity index (χ0) is 21.9. The van der Waals surface area contributed by atoms with Crippen molar-refractivity contribution in [1.29, 1.82) is 0 Å². The van der Waals surface area contributed by atoms with E-state index in [-0.39, 0.29) is 23.9 Å². The predicted molar refractivity (Wildman–Crippen MR) is 121 cm³/mol. The summed E-state index contributed by atoms with van der Waals surface area (Å²) in [5, 5.41) is 2.91. The molecule has 5 rings (SSSR count). The topological polar surface area (TPSA) is 81.4 Å². The van der Waals surface area contributed by atoms with Gasteiger partial charge in [-0.25, -0.2) is 9.78 Å². The lowest BCUT2D eigenvalue weighted by molar-refractivity contribution is -0.110. The molecule has 0 bridgehead atoms. The fourth-order valence-electron chi connectivity index (χ4n) is 5.68. The SMILES string of the molecule is O=CNC1CCN(C2CCC(n3ccn(-c4ccc(OC5CCCC5)nc4)c3=O)CC2)C1. The number of hydrogen-bond donors (Lipinski definition) is 1. The molecule has 2 aliphatic carbocycles. The van der Waals surface area contributed by atoms with Gasteiger partial charge in [-0.15, -0.1) is 0 Å². The Morgan fingerprint density at radius 3 is 2.50 bits per heavy atom. The Morgan fingerprint density at radius 2 is 1.78 bits per heavy atom. The lowest BCUT2D eigenvalue weighted by atomic mass is 9.90. The molecule has 2 aromatic rings. The van der Waals surface area contributed by atoms with E-state index in [1.54, 1.807) is 10.8 Å². The number of ether oxygens (including phenoxy) is 1. The zero-order valence-electron chi connectivity index (χ0n) is 18.6. The van der Waals surface area contributed by atoms with Crippen molar-refractivity contribution in [3.8, 4) is 11.6 Å². The average Bonchev–Trinajstić information content (AvgIpc) is 3.57. The lowest BCUT2D eigenvalue weighted by Crippen LogP contribution is -2.40. The maximum Gasteiger partial charge on any atom is 0.333 e. The molecule has 1 unspecified atom stereocenters. The van der Waals surface area contributed by atoms with E-state index in [4.69, 9.17) is 4.74 Å². The molecule has 0 aromatic carbocycles. The number of amides is 1. The van der Waals surface area contributed by atoms with Gasteiger partial charge in [0.15, 0.2) is 0 Å². The summed E-state index contributed by atoms with van der Waals surface area (Å²) in [7, 11) is 0. The Morgan fingerprint density at radius 1 is 1.00 bits per heavy atom. The molecule has 2 aromatic heterocycles. The number of carbonyl (C=O) groups is 1. The fourth-order valence-corrected chi connectivity index (χ4v) is 5.68. The number of imidazole rings is 1. The highest BCUT2D eigenvalue weighted by Crippen LogP contribution is 2.32. The molecule has 3 aliphatic rings. The van der Waals surface area contributed by atoms with Gasteiger partial charge in [-0.3, -0.25) is 18.8 Å². The number of likely N-dealkylation sites (tertiary alicyclic amines) is 1. The summed E-state index contributed by atoms with van der Waals surface area (Å²) in [5.41, 5.74) is 0.767. The van der Waals surface area contributed by atoms with Crippen molar-refractivity contribution in [2.45, 2.75) is 82.0 Å². The van der Waals surface area contributed by atoms with Crippen LogP contribution in [0, 0.1) is 0 Å². The summed E-state index contributed by atoms with van der Waals surface area (Å²) in [6.07, 6.45) is 16.4. The Hall–Kier alpha value is -2.61. The first-order chi connectivity index (χ1) is 15.7. The van der Waals surface area contributed by atoms with Crippen LogP contribution in [0.25, 0.3) is 5.69 Å². The fraction of sp³-hybridized carbons (Fsp3) is 0.625. The minimum absolute atomic E-state index is 0.00358. The van der Waals surface area contributed by atoms with Gasteiger partial charge in [0.25, 0.3) is 0 Å². The second kappa shape index (κ2) is 9.48. The Kier molecular flexibility index (Phi) is 6.30. The lowest BCUT2D eigenvalue weighted by Gasteiger charge is -2.34. The number of hydrogen-bond acceptors (Lipinski definition) is 5. The van der Waals surface area contributed by atoms with Crippen LogP contribution in [0.5, 0.6) is 5.88 Å². The number of aromatic nitrogens is 3. The summed E-state index contributed by atoms with van der Waals surface area (Å²) in [6.45, 7) is 1.99. The van der Waals surface area contributed by atoms with Crippen molar-refractivity contribution in [3.63, 3.8) is 0 Å². The molecule has 1 amide bonds. The molecule has 1 atom stereocenters. The highest BCUT2D eigenvalue weighted by molar-refractivity contribution is 5.46. The number of carbonyl (C=O) groups excluding carboxylic acids is 1. The molecule has 1 aliphatic heterocycles. The molecule has 1 N–H and O–H groups in total. The van der Waals surface area contributed by atoms with Crippen molar-refractivity contribution >= 4 is 6.41 Å². The van der Waals surface area contributed by atoms with Gasteiger partial charge in [-0.2, -0.15) is 0 Å². The summed E-state index contributed by atoms with van der Waals surface area (Å²) < 4.78 is 9.50. The quantitative estimate of drug-likeness (QED) is 0.671. The Bertz CT molecular complexity index is 955. The van der Waals surface area contributed by atoms with Crippen LogP contribution in [0.4, 0.5) is 0 Å². The standard InChI is InChI=1S/C24H33N5O3/c30-17-26-18-11-12-27(16-18)19-5-7-20(8-6-19)28-13-14-29(24(28)31)21-9-10-23(25-15-21)32-22-3-1-2-4-22/h9-10,13-15,17-20,22H,1-8,11-12,16H2,(H,26,30). The third-order valence-corrected chi connectivity index (χ3v) is 7.49. The molecule has 8 heteroatoms. The summed E-state index contributed by atoms with van der Waals surface area (Å²) in [6, 6.07) is 4.86. The van der Waals surface area contributed by atoms with Crippen LogP contribution in [-0.4, -0.2) is 56.7 Å². The van der Waals surface area contributed by atoms with E-state index in [1.807, 2.05) is 29.1 Å². The van der Waals surface area contributed by atoms with Gasteiger partial charge in [-0.05, 0) is 63.9 Å². The van der Waals surface area contributed by atoms with Crippen LogP contribution in [-0.2, 0) is 4.79 Å². The number of nitrogens with zero attached hydrogens (tertiary/aromatic N) is 4. The first kappa shape index (κ1) is 21.2. The van der Waals surface area contributed by atoms with Gasteiger partial charge < -0.3 is 10.1 Å². The monoisotopic (exact) mass is 439 g/mol. The van der Waals surface area contributed by atoms with Crippen LogP contribution in [0.1, 0.15) is 63.8 Å². The predicted octanol–water partition coefficient (Wildman–Crippen LogP) is 2.66. The molecule has 0 radical (unpaired) electrons. The van der Waals surface area contributed by atoms with Crippen molar-refractivity contribution in [1.82, 2.24) is 24.3 Å². The van der Waals surface area contributed by atoms with Gasteiger partial charge >= 0.3 is 5.69 Å². The van der Waals surface area contributed by atoms with E-state index in [0.717, 1.165) is 70.1 Å². The van der Waals surface area contributed by atoms with E-state index < -0.39 is 0 Å². The van der Waals surface area contributed by atoms with Crippen molar-refractivity contribution in [3.05, 3.63) is 41.2 Å². The smallest absolute Gasteiger partial charge is 0.333 e. The number of nitrogens with one attached hydrogen (secondary N) is 1. The normalized spacial score (nSPS) is 26.9. The first-order valence-corrected chi connectivity index (χ1v) is 12.1. The maximum atomic E-state index is 13.1. The van der Waals surface area contributed by atoms with Crippen LogP contribution in [0.3, 0.4) is 0 Å². The van der Waals surface area contributed by atoms with Crippen molar-refractivity contribution in [2.24, 2.45) is 0 Å². The van der Waals surface area contributed by atoms with E-state index in [2.05, 4.69) is 15.2 Å². The van der Waals surface area contributed by atoms with Gasteiger partial charge in [0.2, 0.25) is 12.3 Å². The molecule has 2 saturated carbocycles. The summed E-state index contributed by atoms with van der Waals surface area (Å²) in [4.78, 5) is 30.7. The highest BCUT2D eigenvalue weighted by Gasteiger charge is 2.32. The molecule has 32 heavy (non-hydrogen) atoms. The maximum absolute atomic E-state index is 13.1. The van der Waals surface area contributed by atoms with E-state index in [1.165, 1.54) is 12.8 Å². The Labute approximate surface area is 188 Å². The van der Waals surface area contributed by atoms with Crippen LogP contribution < -0.4 is 15.7 Å². The third-order valence-electron chi connectivity index (χ3n) is 7.49. The van der Waals surface area contributed by atoms with E-state index in [0.29, 0.717) is 11.9 Å². The highest BCUT2D eigenvalue weighted by atomic mass is 16.5. The van der Waals surface area contributed by atoms with Crippen molar-refractivity contribution in [2.75, 3.05) is 13.1 Å². The zero-order valence-corrected chi connectivity index (χ0v) is 18.6. The summed E-state index contributed by atoms with van der Waals surface area (Å²) in [5.74, 6) is 0.638. The van der Waals surface area contributed by atoms with Crippen molar-refractivity contribution < 1.29 is 9.53 Å². The van der Waals surface area contributed by atoms with E-state index in [9.17, 15) is 9.59 Å². The van der Waals surface area contributed by atoms with Gasteiger partial charge in [0.05, 0.1) is 11.9 Å². The third kappa shape index (κ3) is 4.46. The van der Waals surface area contributed by atoms with Crippen LogP contribution in [0.15, 0.2) is 35.5 Å². The molecule has 1 saturated heterocycles. The van der Waals surface area contributed by atoms with Gasteiger partial charge in [0.1, 0.15) is 6.10 Å². The average molecular weight is 440 g/mol. The van der Waals surface area contributed by atoms with Crippen LogP contribution >= 0.6 is 0 Å². The van der Waals surface area contributed by atoms with Gasteiger partial charge in [-0.1, -0.05) is 0 Å². The van der Waals surface area contributed by atoms with Crippen LogP contribution in [0.2, 0.25) is 0 Å². The Balaban J connectivity index is 1.19. The number of rotatable bonds is 7. The molecular weight excluding hydrogens is 406 g/mol.